The van der Waals surface area contributed by atoms with Gasteiger partial charge < -0.3 is 12.4 Å². The lowest BCUT2D eigenvalue weighted by Gasteiger charge is -2.28. The Hall–Kier alpha value is -1.95. The Bertz CT molecular complexity index is 799. The van der Waals surface area contributed by atoms with Crippen LogP contribution in [0.4, 0.5) is 0 Å². The standard InChI is InChI=1S/C28H34OP.ClH/c1-3-5-16-24(15-4-2)28(29)23-30(25-17-9-6-10-18-25,26-19-11-7-12-20-26)27-21-13-8-14-22-27;/h6-14,17-22,24H,3-5,15-16,23H2,1-2H3;1H/q+1;/p-1. The molecule has 3 heteroatoms. The van der Waals surface area contributed by atoms with Crippen LogP contribution in [0.3, 0.4) is 0 Å². The number of ketones is 1. The first-order valence-corrected chi connectivity index (χ1v) is 13.3. The van der Waals surface area contributed by atoms with E-state index in [1.54, 1.807) is 0 Å². The van der Waals surface area contributed by atoms with Crippen molar-refractivity contribution in [3.05, 3.63) is 91.0 Å². The van der Waals surface area contributed by atoms with Gasteiger partial charge in [0.25, 0.3) is 0 Å². The van der Waals surface area contributed by atoms with Crippen molar-refractivity contribution in [3.63, 3.8) is 0 Å². The molecular weight excluding hydrogens is 419 g/mol. The zero-order chi connectivity index (χ0) is 21.2. The summed E-state index contributed by atoms with van der Waals surface area (Å²) < 4.78 is 0. The van der Waals surface area contributed by atoms with Gasteiger partial charge in [-0.05, 0) is 49.2 Å². The monoisotopic (exact) mass is 452 g/mol. The third-order valence-electron chi connectivity index (χ3n) is 5.98. The summed E-state index contributed by atoms with van der Waals surface area (Å²) in [6, 6.07) is 32.2. The first kappa shape index (κ1) is 25.3. The first-order valence-electron chi connectivity index (χ1n) is 11.3. The molecule has 0 aliphatic heterocycles. The van der Waals surface area contributed by atoms with Crippen LogP contribution in [-0.4, -0.2) is 11.9 Å². The number of benzene rings is 3. The second-order valence-corrected chi connectivity index (χ2v) is 11.6. The summed E-state index contributed by atoms with van der Waals surface area (Å²) in [4.78, 5) is 13.8. The number of unbranched alkanes of at least 4 members (excludes halogenated alkanes) is 1. The second kappa shape index (κ2) is 12.8. The van der Waals surface area contributed by atoms with Crippen LogP contribution in [0.1, 0.15) is 46.0 Å². The lowest BCUT2D eigenvalue weighted by atomic mass is 9.94. The number of carbonyl (C=O) groups excluding carboxylic acids is 1. The Kier molecular flexibility index (Phi) is 10.4. The van der Waals surface area contributed by atoms with Gasteiger partial charge in [-0.1, -0.05) is 87.7 Å². The quantitative estimate of drug-likeness (QED) is 0.408. The lowest BCUT2D eigenvalue weighted by Crippen LogP contribution is -3.00. The molecular formula is C28H34ClOP. The predicted octanol–water partition coefficient (Wildman–Crippen LogP) is 3.16. The molecule has 1 nitrogen and oxygen atoms in total. The molecule has 31 heavy (non-hydrogen) atoms. The van der Waals surface area contributed by atoms with Crippen LogP contribution in [0.5, 0.6) is 0 Å². The zero-order valence-corrected chi connectivity index (χ0v) is 20.4. The highest BCUT2D eigenvalue weighted by molar-refractivity contribution is 7.96. The number of halogens is 1. The fourth-order valence-corrected chi connectivity index (χ4v) is 8.61. The maximum Gasteiger partial charge on any atom is 0.174 e. The molecule has 164 valence electrons. The van der Waals surface area contributed by atoms with Crippen molar-refractivity contribution in [2.45, 2.75) is 46.0 Å². The molecule has 0 spiro atoms. The Morgan fingerprint density at radius 3 is 1.45 bits per heavy atom. The molecule has 0 aliphatic rings. The molecule has 0 saturated heterocycles. The van der Waals surface area contributed by atoms with E-state index < -0.39 is 7.26 Å². The van der Waals surface area contributed by atoms with Crippen molar-refractivity contribution in [2.75, 3.05) is 6.16 Å². The highest BCUT2D eigenvalue weighted by Crippen LogP contribution is 2.55. The number of carbonyl (C=O) groups is 1. The number of rotatable bonds is 11. The molecule has 0 bridgehead atoms. The van der Waals surface area contributed by atoms with Crippen molar-refractivity contribution < 1.29 is 17.2 Å². The van der Waals surface area contributed by atoms with Crippen LogP contribution in [0.15, 0.2) is 91.0 Å². The van der Waals surface area contributed by atoms with E-state index in [1.807, 2.05) is 0 Å². The topological polar surface area (TPSA) is 17.1 Å². The van der Waals surface area contributed by atoms with Crippen LogP contribution in [-0.2, 0) is 4.79 Å². The van der Waals surface area contributed by atoms with Crippen LogP contribution in [0.25, 0.3) is 0 Å². The summed E-state index contributed by atoms with van der Waals surface area (Å²) in [5, 5.41) is 3.88. The molecule has 3 aromatic rings. The highest BCUT2D eigenvalue weighted by Gasteiger charge is 2.47. The van der Waals surface area contributed by atoms with Gasteiger partial charge in [0, 0.05) is 5.92 Å². The average Bonchev–Trinajstić information content (AvgIpc) is 2.82. The second-order valence-electron chi connectivity index (χ2n) is 8.07. The summed E-state index contributed by atoms with van der Waals surface area (Å²) in [5.74, 6) is 0.612. The predicted molar refractivity (Wildman–Crippen MR) is 133 cm³/mol. The van der Waals surface area contributed by atoms with Crippen molar-refractivity contribution in [3.8, 4) is 0 Å². The molecule has 0 fully saturated rings. The van der Waals surface area contributed by atoms with Crippen LogP contribution in [0, 0.1) is 5.92 Å². The Morgan fingerprint density at radius 2 is 1.10 bits per heavy atom. The van der Waals surface area contributed by atoms with Gasteiger partial charge >= 0.3 is 0 Å². The molecule has 0 aliphatic carbocycles. The Morgan fingerprint density at radius 1 is 0.677 bits per heavy atom. The van der Waals surface area contributed by atoms with Gasteiger partial charge in [0.2, 0.25) is 0 Å². The van der Waals surface area contributed by atoms with E-state index in [-0.39, 0.29) is 18.3 Å². The van der Waals surface area contributed by atoms with E-state index in [0.717, 1.165) is 32.1 Å². The van der Waals surface area contributed by atoms with Gasteiger partial charge in [0.05, 0.1) is 0 Å². The molecule has 3 aromatic carbocycles. The van der Waals surface area contributed by atoms with Gasteiger partial charge in [0.1, 0.15) is 29.3 Å². The highest BCUT2D eigenvalue weighted by atomic mass is 35.5. The number of Topliss-reactive ketones (excluding diaryl/α,β-unsaturated/α-hetero) is 1. The molecule has 3 rings (SSSR count). The van der Waals surface area contributed by atoms with E-state index in [0.29, 0.717) is 11.9 Å². The van der Waals surface area contributed by atoms with E-state index >= 15 is 0 Å². The Labute approximate surface area is 195 Å². The fraction of sp³-hybridized carbons (Fsp3) is 0.321. The third kappa shape index (κ3) is 6.06. The molecule has 1 atom stereocenters. The van der Waals surface area contributed by atoms with Crippen LogP contribution in [0.2, 0.25) is 0 Å². The fourth-order valence-electron chi connectivity index (χ4n) is 4.40. The van der Waals surface area contributed by atoms with Crippen molar-refractivity contribution >= 4 is 29.0 Å². The summed E-state index contributed by atoms with van der Waals surface area (Å²) in [5.41, 5.74) is 0. The molecule has 0 saturated carbocycles. The lowest BCUT2D eigenvalue weighted by molar-refractivity contribution is -0.120. The first-order chi connectivity index (χ1) is 14.7. The van der Waals surface area contributed by atoms with Gasteiger partial charge in [-0.25, -0.2) is 0 Å². The SMILES string of the molecule is CCCCC(CCC)C(=O)C[P+](c1ccccc1)(c1ccccc1)c1ccccc1.[Cl-]. The third-order valence-corrected chi connectivity index (χ3v) is 10.3. The summed E-state index contributed by atoms with van der Waals surface area (Å²) in [6.07, 6.45) is 5.96. The van der Waals surface area contributed by atoms with E-state index in [2.05, 4.69) is 105 Å². The summed E-state index contributed by atoms with van der Waals surface area (Å²) in [6.45, 7) is 4.41. The van der Waals surface area contributed by atoms with E-state index in [4.69, 9.17) is 0 Å². The normalized spacial score (nSPS) is 12.1. The van der Waals surface area contributed by atoms with Crippen LogP contribution < -0.4 is 28.3 Å². The maximum atomic E-state index is 13.8. The molecule has 0 radical (unpaired) electrons. The minimum absolute atomic E-state index is 0. The minimum Gasteiger partial charge on any atom is -1.00 e. The van der Waals surface area contributed by atoms with Gasteiger partial charge in [-0.3, -0.25) is 4.79 Å². The summed E-state index contributed by atoms with van der Waals surface area (Å²) >= 11 is 0. The molecule has 0 aromatic heterocycles. The number of hydrogen-bond donors (Lipinski definition) is 0. The van der Waals surface area contributed by atoms with Crippen molar-refractivity contribution in [1.29, 1.82) is 0 Å². The largest absolute Gasteiger partial charge is 1.00 e. The molecule has 0 amide bonds. The van der Waals surface area contributed by atoms with E-state index in [1.165, 1.54) is 15.9 Å². The zero-order valence-electron chi connectivity index (χ0n) is 18.7. The van der Waals surface area contributed by atoms with Crippen molar-refractivity contribution in [2.24, 2.45) is 5.92 Å². The number of hydrogen-bond acceptors (Lipinski definition) is 1. The molecule has 0 N–H and O–H groups in total. The van der Waals surface area contributed by atoms with Gasteiger partial charge in [0.15, 0.2) is 5.78 Å². The smallest absolute Gasteiger partial charge is 0.174 e. The maximum absolute atomic E-state index is 13.8. The van der Waals surface area contributed by atoms with Crippen LogP contribution >= 0.6 is 7.26 Å². The van der Waals surface area contributed by atoms with Gasteiger partial charge in [-0.15, -0.1) is 0 Å². The van der Waals surface area contributed by atoms with Crippen molar-refractivity contribution in [1.82, 2.24) is 0 Å². The Balaban J connectivity index is 0.00000341. The van der Waals surface area contributed by atoms with Gasteiger partial charge in [-0.2, -0.15) is 0 Å². The molecule has 0 heterocycles. The molecule has 1 unspecified atom stereocenters. The van der Waals surface area contributed by atoms with E-state index in [9.17, 15) is 4.79 Å². The minimum atomic E-state index is -2.07. The average molecular weight is 453 g/mol. The summed E-state index contributed by atoms with van der Waals surface area (Å²) in [7, 11) is -2.07.